The van der Waals surface area contributed by atoms with Crippen molar-refractivity contribution in [1.29, 1.82) is 0 Å². The fraction of sp³-hybridized carbons (Fsp3) is 0.350. The fourth-order valence-corrected chi connectivity index (χ4v) is 3.08. The molecule has 0 spiro atoms. The molecule has 0 heterocycles. The summed E-state index contributed by atoms with van der Waals surface area (Å²) in [6.07, 6.45) is 4.37. The number of para-hydroxylation sites is 1. The van der Waals surface area contributed by atoms with Crippen LogP contribution in [0.4, 0.5) is 5.69 Å². The zero-order valence-electron chi connectivity index (χ0n) is 13.5. The Kier molecular flexibility index (Phi) is 4.96. The summed E-state index contributed by atoms with van der Waals surface area (Å²) in [5.41, 5.74) is 3.07. The summed E-state index contributed by atoms with van der Waals surface area (Å²) >= 11 is 0. The first-order valence-electron chi connectivity index (χ1n) is 8.31. The predicted molar refractivity (Wildman–Crippen MR) is 92.5 cm³/mol. The molecule has 120 valence electrons. The molecule has 0 bridgehead atoms. The van der Waals surface area contributed by atoms with Crippen molar-refractivity contribution >= 4 is 11.6 Å². The monoisotopic (exact) mass is 309 g/mol. The van der Waals surface area contributed by atoms with Gasteiger partial charge in [-0.3, -0.25) is 4.79 Å². The lowest BCUT2D eigenvalue weighted by molar-refractivity contribution is -0.119. The van der Waals surface area contributed by atoms with E-state index < -0.39 is 0 Å². The number of hydrogen-bond donors (Lipinski definition) is 1. The Labute approximate surface area is 137 Å². The molecule has 1 fully saturated rings. The van der Waals surface area contributed by atoms with Crippen molar-refractivity contribution in [3.05, 3.63) is 59.7 Å². The van der Waals surface area contributed by atoms with Gasteiger partial charge in [0, 0.05) is 11.6 Å². The highest BCUT2D eigenvalue weighted by Crippen LogP contribution is 2.27. The summed E-state index contributed by atoms with van der Waals surface area (Å²) in [5.74, 6) is 1.19. The van der Waals surface area contributed by atoms with Gasteiger partial charge in [0.25, 0.3) is 0 Å². The van der Waals surface area contributed by atoms with Gasteiger partial charge in [-0.05, 0) is 49.1 Å². The maximum atomic E-state index is 12.3. The molecule has 0 radical (unpaired) electrons. The minimum Gasteiger partial charge on any atom is -0.489 e. The first-order chi connectivity index (χ1) is 11.2. The molecule has 1 N–H and O–H groups in total. The van der Waals surface area contributed by atoms with E-state index in [0.29, 0.717) is 6.61 Å². The van der Waals surface area contributed by atoms with Crippen molar-refractivity contribution in [2.24, 2.45) is 5.92 Å². The number of anilines is 1. The van der Waals surface area contributed by atoms with Crippen LogP contribution in [-0.4, -0.2) is 5.91 Å². The van der Waals surface area contributed by atoms with E-state index in [1.807, 2.05) is 55.5 Å². The van der Waals surface area contributed by atoms with E-state index in [1.54, 1.807) is 0 Å². The molecule has 2 aromatic carbocycles. The minimum absolute atomic E-state index is 0.159. The van der Waals surface area contributed by atoms with Crippen LogP contribution in [0.5, 0.6) is 5.75 Å². The molecular weight excluding hydrogens is 286 g/mol. The van der Waals surface area contributed by atoms with Gasteiger partial charge in [-0.1, -0.05) is 43.2 Å². The third-order valence-corrected chi connectivity index (χ3v) is 4.57. The first-order valence-corrected chi connectivity index (χ1v) is 8.31. The van der Waals surface area contributed by atoms with Crippen LogP contribution in [0.25, 0.3) is 0 Å². The molecule has 0 aliphatic heterocycles. The van der Waals surface area contributed by atoms with E-state index in [4.69, 9.17) is 4.74 Å². The van der Waals surface area contributed by atoms with Gasteiger partial charge in [0.05, 0.1) is 0 Å². The predicted octanol–water partition coefficient (Wildman–Crippen LogP) is 4.70. The van der Waals surface area contributed by atoms with Crippen LogP contribution < -0.4 is 10.1 Å². The van der Waals surface area contributed by atoms with Crippen LogP contribution in [0.2, 0.25) is 0 Å². The second-order valence-corrected chi connectivity index (χ2v) is 6.16. The molecule has 1 aliphatic carbocycles. The maximum absolute atomic E-state index is 12.3. The molecule has 0 atom stereocenters. The average Bonchev–Trinajstić information content (AvgIpc) is 3.11. The lowest BCUT2D eigenvalue weighted by atomic mass is 10.0. The summed E-state index contributed by atoms with van der Waals surface area (Å²) < 4.78 is 5.82. The summed E-state index contributed by atoms with van der Waals surface area (Å²) in [6.45, 7) is 2.54. The van der Waals surface area contributed by atoms with Gasteiger partial charge < -0.3 is 10.1 Å². The quantitative estimate of drug-likeness (QED) is 0.869. The second-order valence-electron chi connectivity index (χ2n) is 6.16. The molecular formula is C20H23NO2. The average molecular weight is 309 g/mol. The fourth-order valence-electron chi connectivity index (χ4n) is 3.08. The van der Waals surface area contributed by atoms with Crippen molar-refractivity contribution in [2.45, 2.75) is 39.2 Å². The van der Waals surface area contributed by atoms with E-state index in [2.05, 4.69) is 5.32 Å². The van der Waals surface area contributed by atoms with Gasteiger partial charge in [-0.15, -0.1) is 0 Å². The number of ether oxygens (including phenoxy) is 1. The normalized spacial score (nSPS) is 14.7. The Morgan fingerprint density at radius 3 is 2.57 bits per heavy atom. The molecule has 3 rings (SSSR count). The number of carbonyl (C=O) groups excluding carboxylic acids is 1. The van der Waals surface area contributed by atoms with E-state index in [-0.39, 0.29) is 11.8 Å². The first kappa shape index (κ1) is 15.6. The van der Waals surface area contributed by atoms with E-state index in [0.717, 1.165) is 35.4 Å². The zero-order chi connectivity index (χ0) is 16.1. The molecule has 0 saturated heterocycles. The summed E-state index contributed by atoms with van der Waals surface area (Å²) in [6, 6.07) is 15.8. The minimum atomic E-state index is 0.159. The van der Waals surface area contributed by atoms with Crippen LogP contribution in [0.1, 0.15) is 36.8 Å². The molecule has 1 saturated carbocycles. The SMILES string of the molecule is Cc1c(COc2ccccc2)cccc1NC(=O)C1CCCC1. The maximum Gasteiger partial charge on any atom is 0.227 e. The third kappa shape index (κ3) is 3.92. The standard InChI is InChI=1S/C20H23NO2/c1-15-17(14-23-18-11-3-2-4-12-18)10-7-13-19(15)21-20(22)16-8-5-6-9-16/h2-4,7,10-13,16H,5-6,8-9,14H2,1H3,(H,21,22). The largest absolute Gasteiger partial charge is 0.489 e. The highest BCUT2D eigenvalue weighted by Gasteiger charge is 2.23. The van der Waals surface area contributed by atoms with Crippen molar-refractivity contribution < 1.29 is 9.53 Å². The Balaban J connectivity index is 1.66. The van der Waals surface area contributed by atoms with Crippen LogP contribution in [-0.2, 0) is 11.4 Å². The topological polar surface area (TPSA) is 38.3 Å². The third-order valence-electron chi connectivity index (χ3n) is 4.57. The van der Waals surface area contributed by atoms with Crippen molar-refractivity contribution in [3.63, 3.8) is 0 Å². The number of nitrogens with one attached hydrogen (secondary N) is 1. The number of carbonyl (C=O) groups is 1. The Morgan fingerprint density at radius 1 is 1.09 bits per heavy atom. The lowest BCUT2D eigenvalue weighted by Crippen LogP contribution is -2.21. The number of benzene rings is 2. The Bertz CT molecular complexity index is 661. The molecule has 1 amide bonds. The van der Waals surface area contributed by atoms with Gasteiger partial charge in [-0.25, -0.2) is 0 Å². The molecule has 0 unspecified atom stereocenters. The van der Waals surface area contributed by atoms with E-state index >= 15 is 0 Å². The number of hydrogen-bond acceptors (Lipinski definition) is 2. The summed E-state index contributed by atoms with van der Waals surface area (Å²) in [7, 11) is 0. The summed E-state index contributed by atoms with van der Waals surface area (Å²) in [5, 5.41) is 3.10. The molecule has 1 aliphatic rings. The molecule has 0 aromatic heterocycles. The lowest BCUT2D eigenvalue weighted by Gasteiger charge is -2.15. The van der Waals surface area contributed by atoms with Gasteiger partial charge in [0.2, 0.25) is 5.91 Å². The van der Waals surface area contributed by atoms with Crippen LogP contribution in [0.3, 0.4) is 0 Å². The van der Waals surface area contributed by atoms with Crippen LogP contribution in [0, 0.1) is 12.8 Å². The van der Waals surface area contributed by atoms with Gasteiger partial charge in [-0.2, -0.15) is 0 Å². The molecule has 3 nitrogen and oxygen atoms in total. The van der Waals surface area contributed by atoms with E-state index in [9.17, 15) is 4.79 Å². The number of rotatable bonds is 5. The molecule has 2 aromatic rings. The van der Waals surface area contributed by atoms with Crippen molar-refractivity contribution in [3.8, 4) is 5.75 Å². The zero-order valence-corrected chi connectivity index (χ0v) is 13.5. The van der Waals surface area contributed by atoms with Crippen LogP contribution >= 0.6 is 0 Å². The van der Waals surface area contributed by atoms with Gasteiger partial charge >= 0.3 is 0 Å². The molecule has 3 heteroatoms. The van der Waals surface area contributed by atoms with Crippen molar-refractivity contribution in [1.82, 2.24) is 0 Å². The van der Waals surface area contributed by atoms with E-state index in [1.165, 1.54) is 12.8 Å². The summed E-state index contributed by atoms with van der Waals surface area (Å²) in [4.78, 5) is 12.3. The second kappa shape index (κ2) is 7.32. The van der Waals surface area contributed by atoms with Gasteiger partial charge in [0.15, 0.2) is 0 Å². The Morgan fingerprint density at radius 2 is 1.83 bits per heavy atom. The highest BCUT2D eigenvalue weighted by atomic mass is 16.5. The van der Waals surface area contributed by atoms with Crippen molar-refractivity contribution in [2.75, 3.05) is 5.32 Å². The smallest absolute Gasteiger partial charge is 0.227 e. The Hall–Kier alpha value is -2.29. The van der Waals surface area contributed by atoms with Crippen LogP contribution in [0.15, 0.2) is 48.5 Å². The molecule has 23 heavy (non-hydrogen) atoms. The number of amides is 1. The highest BCUT2D eigenvalue weighted by molar-refractivity contribution is 5.93. The van der Waals surface area contributed by atoms with Gasteiger partial charge in [0.1, 0.15) is 12.4 Å².